The van der Waals surface area contributed by atoms with Crippen molar-refractivity contribution in [3.05, 3.63) is 70.8 Å². The molecular weight excluding hydrogens is 306 g/mol. The number of rotatable bonds is 4. The van der Waals surface area contributed by atoms with Crippen molar-refractivity contribution in [3.8, 4) is 0 Å². The normalized spacial score (nSPS) is 13.4. The molecule has 0 aromatic heterocycles. The fourth-order valence-electron chi connectivity index (χ4n) is 2.59. The van der Waals surface area contributed by atoms with E-state index in [0.717, 1.165) is 5.56 Å². The molecule has 5 nitrogen and oxygen atoms in total. The maximum Gasteiger partial charge on any atom is 0.338 e. The minimum atomic E-state index is -0.391. The van der Waals surface area contributed by atoms with E-state index < -0.39 is 5.97 Å². The third-order valence-corrected chi connectivity index (χ3v) is 3.75. The lowest BCUT2D eigenvalue weighted by molar-refractivity contribution is 0.0377. The van der Waals surface area contributed by atoms with Gasteiger partial charge in [0.2, 0.25) is 0 Å². The summed E-state index contributed by atoms with van der Waals surface area (Å²) in [4.78, 5) is 37.7. The maximum absolute atomic E-state index is 12.3. The molecule has 0 saturated heterocycles. The Morgan fingerprint density at radius 2 is 1.50 bits per heavy atom. The highest BCUT2D eigenvalue weighted by Gasteiger charge is 2.34. The number of amides is 2. The summed E-state index contributed by atoms with van der Waals surface area (Å²) in [6.45, 7) is 3.74. The van der Waals surface area contributed by atoms with Gasteiger partial charge in [-0.05, 0) is 43.7 Å². The molecule has 2 aromatic carbocycles. The number of esters is 1. The van der Waals surface area contributed by atoms with Gasteiger partial charge in [0.05, 0.1) is 29.3 Å². The van der Waals surface area contributed by atoms with Crippen LogP contribution in [0.25, 0.3) is 0 Å². The van der Waals surface area contributed by atoms with Gasteiger partial charge in [0, 0.05) is 0 Å². The van der Waals surface area contributed by atoms with Crippen LogP contribution in [-0.4, -0.2) is 28.8 Å². The number of nitrogens with zero attached hydrogens (tertiary/aromatic N) is 1. The van der Waals surface area contributed by atoms with E-state index in [1.807, 2.05) is 0 Å². The van der Waals surface area contributed by atoms with Crippen LogP contribution in [0.2, 0.25) is 0 Å². The molecule has 3 rings (SSSR count). The molecule has 0 spiro atoms. The molecule has 0 unspecified atom stereocenters. The number of benzene rings is 2. The summed E-state index contributed by atoms with van der Waals surface area (Å²) in [5.74, 6) is -0.977. The van der Waals surface area contributed by atoms with Gasteiger partial charge in [0.1, 0.15) is 0 Å². The van der Waals surface area contributed by atoms with Crippen LogP contribution in [0.4, 0.5) is 0 Å². The minimum Gasteiger partial charge on any atom is -0.459 e. The van der Waals surface area contributed by atoms with Crippen LogP contribution < -0.4 is 0 Å². The Balaban J connectivity index is 1.75. The van der Waals surface area contributed by atoms with E-state index in [9.17, 15) is 14.4 Å². The van der Waals surface area contributed by atoms with Gasteiger partial charge in [0.15, 0.2) is 0 Å². The van der Waals surface area contributed by atoms with Gasteiger partial charge in [-0.1, -0.05) is 24.3 Å². The molecule has 1 aliphatic rings. The van der Waals surface area contributed by atoms with Crippen molar-refractivity contribution in [1.82, 2.24) is 4.90 Å². The zero-order chi connectivity index (χ0) is 17.3. The van der Waals surface area contributed by atoms with Crippen LogP contribution >= 0.6 is 0 Å². The van der Waals surface area contributed by atoms with E-state index in [-0.39, 0.29) is 24.5 Å². The third-order valence-electron chi connectivity index (χ3n) is 3.75. The van der Waals surface area contributed by atoms with Gasteiger partial charge in [-0.25, -0.2) is 4.79 Å². The molecule has 0 aliphatic carbocycles. The van der Waals surface area contributed by atoms with Crippen LogP contribution in [0.5, 0.6) is 0 Å². The first-order valence-electron chi connectivity index (χ1n) is 7.72. The molecule has 2 amide bonds. The van der Waals surface area contributed by atoms with Crippen LogP contribution in [-0.2, 0) is 11.3 Å². The Kier molecular flexibility index (Phi) is 4.16. The predicted octanol–water partition coefficient (Wildman–Crippen LogP) is 3.05. The van der Waals surface area contributed by atoms with E-state index in [4.69, 9.17) is 4.74 Å². The van der Waals surface area contributed by atoms with Gasteiger partial charge in [0.25, 0.3) is 11.8 Å². The zero-order valence-electron chi connectivity index (χ0n) is 13.5. The second kappa shape index (κ2) is 6.28. The Bertz CT molecular complexity index is 773. The smallest absolute Gasteiger partial charge is 0.338 e. The first kappa shape index (κ1) is 15.9. The monoisotopic (exact) mass is 323 g/mol. The van der Waals surface area contributed by atoms with Gasteiger partial charge in [-0.2, -0.15) is 0 Å². The molecule has 1 aliphatic heterocycles. The van der Waals surface area contributed by atoms with Crippen molar-refractivity contribution in [2.24, 2.45) is 0 Å². The summed E-state index contributed by atoms with van der Waals surface area (Å²) in [7, 11) is 0. The van der Waals surface area contributed by atoms with Crippen LogP contribution in [0.15, 0.2) is 48.5 Å². The highest BCUT2D eigenvalue weighted by Crippen LogP contribution is 2.24. The lowest BCUT2D eigenvalue weighted by Crippen LogP contribution is -2.29. The number of carbonyl (C=O) groups excluding carboxylic acids is 3. The molecule has 2 aromatic rings. The first-order chi connectivity index (χ1) is 11.5. The summed E-state index contributed by atoms with van der Waals surface area (Å²) in [5, 5.41) is 0. The largest absolute Gasteiger partial charge is 0.459 e. The molecule has 5 heteroatoms. The lowest BCUT2D eigenvalue weighted by Gasteiger charge is -2.14. The summed E-state index contributed by atoms with van der Waals surface area (Å²) in [5.41, 5.74) is 2.07. The number of fused-ring (bicyclic) bond motifs is 1. The van der Waals surface area contributed by atoms with Crippen LogP contribution in [0.3, 0.4) is 0 Å². The molecule has 122 valence electrons. The summed E-state index contributed by atoms with van der Waals surface area (Å²) in [6, 6.07) is 13.5. The van der Waals surface area contributed by atoms with Gasteiger partial charge in [-0.3, -0.25) is 14.5 Å². The van der Waals surface area contributed by atoms with Gasteiger partial charge in [-0.15, -0.1) is 0 Å². The van der Waals surface area contributed by atoms with Crippen molar-refractivity contribution in [2.45, 2.75) is 26.5 Å². The molecule has 24 heavy (non-hydrogen) atoms. The van der Waals surface area contributed by atoms with Crippen molar-refractivity contribution in [1.29, 1.82) is 0 Å². The highest BCUT2D eigenvalue weighted by molar-refractivity contribution is 6.21. The quantitative estimate of drug-likeness (QED) is 0.641. The van der Waals surface area contributed by atoms with Crippen molar-refractivity contribution in [2.75, 3.05) is 0 Å². The molecule has 0 saturated carbocycles. The molecule has 1 heterocycles. The number of hydrogen-bond acceptors (Lipinski definition) is 4. The Hall–Kier alpha value is -2.95. The van der Waals surface area contributed by atoms with Crippen molar-refractivity contribution >= 4 is 17.8 Å². The Morgan fingerprint density at radius 1 is 0.958 bits per heavy atom. The summed E-state index contributed by atoms with van der Waals surface area (Å²) < 4.78 is 5.13. The van der Waals surface area contributed by atoms with E-state index >= 15 is 0 Å². The van der Waals surface area contributed by atoms with E-state index in [1.54, 1.807) is 62.4 Å². The Morgan fingerprint density at radius 3 is 2.00 bits per heavy atom. The third kappa shape index (κ3) is 2.93. The predicted molar refractivity (Wildman–Crippen MR) is 87.6 cm³/mol. The number of imide groups is 1. The van der Waals surface area contributed by atoms with Gasteiger partial charge < -0.3 is 4.74 Å². The second-order valence-electron chi connectivity index (χ2n) is 5.89. The van der Waals surface area contributed by atoms with Crippen molar-refractivity contribution < 1.29 is 19.1 Å². The van der Waals surface area contributed by atoms with E-state index in [1.165, 1.54) is 4.90 Å². The number of ether oxygens (including phenoxy) is 1. The molecule has 0 radical (unpaired) electrons. The van der Waals surface area contributed by atoms with E-state index in [0.29, 0.717) is 16.7 Å². The zero-order valence-corrected chi connectivity index (χ0v) is 13.5. The standard InChI is InChI=1S/C19H17NO4/c1-12(2)24-19(23)14-9-7-13(8-10-14)11-20-17(21)15-5-3-4-6-16(15)18(20)22/h3-10,12H,11H2,1-2H3. The second-order valence-corrected chi connectivity index (χ2v) is 5.89. The maximum atomic E-state index is 12.3. The Labute approximate surface area is 139 Å². The summed E-state index contributed by atoms with van der Waals surface area (Å²) >= 11 is 0. The van der Waals surface area contributed by atoms with Crippen LogP contribution in [0, 0.1) is 0 Å². The minimum absolute atomic E-state index is 0.172. The number of hydrogen-bond donors (Lipinski definition) is 0. The first-order valence-corrected chi connectivity index (χ1v) is 7.72. The fraction of sp³-hybridized carbons (Fsp3) is 0.211. The molecule has 0 N–H and O–H groups in total. The average molecular weight is 323 g/mol. The molecule has 0 fully saturated rings. The molecule has 0 atom stereocenters. The lowest BCUT2D eigenvalue weighted by atomic mass is 10.1. The highest BCUT2D eigenvalue weighted by atomic mass is 16.5. The van der Waals surface area contributed by atoms with Gasteiger partial charge >= 0.3 is 5.97 Å². The SMILES string of the molecule is CC(C)OC(=O)c1ccc(CN2C(=O)c3ccccc3C2=O)cc1. The number of carbonyl (C=O) groups is 3. The van der Waals surface area contributed by atoms with Crippen molar-refractivity contribution in [3.63, 3.8) is 0 Å². The topological polar surface area (TPSA) is 63.7 Å². The van der Waals surface area contributed by atoms with E-state index in [2.05, 4.69) is 0 Å². The average Bonchev–Trinajstić information content (AvgIpc) is 2.80. The molecule has 0 bridgehead atoms. The fourth-order valence-corrected chi connectivity index (χ4v) is 2.59. The summed E-state index contributed by atoms with van der Waals surface area (Å²) in [6.07, 6.45) is -0.185. The molecular formula is C19H17NO4. The van der Waals surface area contributed by atoms with Crippen LogP contribution in [0.1, 0.15) is 50.5 Å².